The lowest BCUT2D eigenvalue weighted by Crippen LogP contribution is -2.42. The first-order valence-corrected chi connectivity index (χ1v) is 12.8. The van der Waals surface area contributed by atoms with Gasteiger partial charge in [0.2, 0.25) is 0 Å². The first-order chi connectivity index (χ1) is 18.6. The summed E-state index contributed by atoms with van der Waals surface area (Å²) >= 11 is 0. The van der Waals surface area contributed by atoms with Crippen molar-refractivity contribution >= 4 is 23.9 Å². The van der Waals surface area contributed by atoms with Crippen molar-refractivity contribution in [1.29, 1.82) is 0 Å². The Labute approximate surface area is 222 Å². The first-order valence-electron chi connectivity index (χ1n) is 12.8. The molecule has 1 saturated heterocycles. The normalized spacial score (nSPS) is 14.0. The van der Waals surface area contributed by atoms with Crippen molar-refractivity contribution in [2.75, 3.05) is 45.2 Å². The number of anilines is 1. The van der Waals surface area contributed by atoms with E-state index >= 15 is 0 Å². The van der Waals surface area contributed by atoms with E-state index in [2.05, 4.69) is 15.5 Å². The fraction of sp³-hybridized carbons (Fsp3) is 0.300. The number of Topliss-reactive ketones (excluding diaryl/α,β-unsaturated/α-hetero) is 1. The summed E-state index contributed by atoms with van der Waals surface area (Å²) in [5, 5.41) is 6.09. The fourth-order valence-corrected chi connectivity index (χ4v) is 4.55. The number of piperidine rings is 1. The summed E-state index contributed by atoms with van der Waals surface area (Å²) in [6, 6.07) is 22.4. The van der Waals surface area contributed by atoms with Crippen LogP contribution in [0.25, 0.3) is 11.1 Å². The van der Waals surface area contributed by atoms with Gasteiger partial charge in [0.15, 0.2) is 5.78 Å². The molecule has 0 radical (unpaired) electrons. The summed E-state index contributed by atoms with van der Waals surface area (Å²) in [6.07, 6.45) is 1.66. The van der Waals surface area contributed by atoms with Crippen molar-refractivity contribution in [2.24, 2.45) is 0 Å². The zero-order chi connectivity index (χ0) is 26.7. The van der Waals surface area contributed by atoms with Gasteiger partial charge in [0, 0.05) is 37.3 Å². The van der Waals surface area contributed by atoms with Crippen molar-refractivity contribution in [3.8, 4) is 16.9 Å². The lowest BCUT2D eigenvalue weighted by atomic mass is 10.0. The topological polar surface area (TPSA) is 97.0 Å². The van der Waals surface area contributed by atoms with Crippen LogP contribution in [0.1, 0.15) is 33.6 Å². The molecule has 38 heavy (non-hydrogen) atoms. The van der Waals surface area contributed by atoms with Gasteiger partial charge in [-0.2, -0.15) is 0 Å². The van der Waals surface area contributed by atoms with E-state index in [1.54, 1.807) is 18.2 Å². The maximum atomic E-state index is 12.6. The van der Waals surface area contributed by atoms with Crippen molar-refractivity contribution < 1.29 is 23.9 Å². The number of methoxy groups -OCH3 is 1. The molecule has 4 rings (SSSR count). The van der Waals surface area contributed by atoms with Crippen molar-refractivity contribution in [2.45, 2.75) is 18.9 Å². The molecule has 0 bridgehead atoms. The lowest BCUT2D eigenvalue weighted by molar-refractivity contribution is 0.0593. The molecule has 0 saturated carbocycles. The van der Waals surface area contributed by atoms with Gasteiger partial charge in [-0.1, -0.05) is 54.6 Å². The highest BCUT2D eigenvalue weighted by Gasteiger charge is 2.22. The summed E-state index contributed by atoms with van der Waals surface area (Å²) in [5.74, 6) is 0.308. The molecule has 1 aliphatic heterocycles. The van der Waals surface area contributed by atoms with Gasteiger partial charge in [0.05, 0.1) is 24.9 Å². The quantitative estimate of drug-likeness (QED) is 0.218. The minimum Gasteiger partial charge on any atom is -0.496 e. The molecular formula is C30H33N3O5. The molecule has 3 aromatic carbocycles. The Morgan fingerprint density at radius 1 is 1.00 bits per heavy atom. The zero-order valence-corrected chi connectivity index (χ0v) is 21.5. The molecule has 198 valence electrons. The van der Waals surface area contributed by atoms with Crippen LogP contribution in [0.4, 0.5) is 10.5 Å². The van der Waals surface area contributed by atoms with E-state index in [1.807, 2.05) is 54.6 Å². The maximum absolute atomic E-state index is 12.6. The second kappa shape index (κ2) is 13.5. The van der Waals surface area contributed by atoms with Crippen molar-refractivity contribution in [3.63, 3.8) is 0 Å². The number of carbonyl (C=O) groups excluding carboxylic acids is 3. The van der Waals surface area contributed by atoms with E-state index in [4.69, 9.17) is 9.47 Å². The van der Waals surface area contributed by atoms with E-state index in [0.29, 0.717) is 23.4 Å². The van der Waals surface area contributed by atoms with E-state index in [1.165, 1.54) is 7.11 Å². The maximum Gasteiger partial charge on any atom is 0.411 e. The number of hydrogen-bond donors (Lipinski definition) is 2. The molecule has 8 heteroatoms. The van der Waals surface area contributed by atoms with Crippen LogP contribution in [-0.4, -0.2) is 69.0 Å². The van der Waals surface area contributed by atoms with Gasteiger partial charge in [-0.15, -0.1) is 0 Å². The first kappa shape index (κ1) is 27.0. The Morgan fingerprint density at radius 2 is 1.74 bits per heavy atom. The SMILES string of the molecule is COc1cc(C=O)ccc1C(=O)CNCCN1CCC(OC(=O)Nc2ccccc2-c2ccccc2)CC1. The number of likely N-dealkylation sites (tertiary alicyclic amines) is 1. The number of benzene rings is 3. The standard InChI is InChI=1S/C30H33N3O5/c1-37-29-19-22(21-34)11-12-26(29)28(35)20-31-15-18-33-16-13-24(14-17-33)38-30(36)32-27-10-6-5-9-25(27)23-7-3-2-4-8-23/h2-12,19,21,24,31H,13-18,20H2,1H3,(H,32,36). The third kappa shape index (κ3) is 7.27. The number of amides is 1. The number of rotatable bonds is 11. The average Bonchev–Trinajstić information content (AvgIpc) is 2.96. The molecule has 1 heterocycles. The largest absolute Gasteiger partial charge is 0.496 e. The van der Waals surface area contributed by atoms with Crippen LogP contribution in [0.2, 0.25) is 0 Å². The molecule has 8 nitrogen and oxygen atoms in total. The van der Waals surface area contributed by atoms with E-state index < -0.39 is 6.09 Å². The monoisotopic (exact) mass is 515 g/mol. The van der Waals surface area contributed by atoms with Crippen LogP contribution < -0.4 is 15.4 Å². The van der Waals surface area contributed by atoms with Gasteiger partial charge in [0.1, 0.15) is 18.1 Å². The highest BCUT2D eigenvalue weighted by atomic mass is 16.6. The van der Waals surface area contributed by atoms with Crippen LogP contribution in [0.3, 0.4) is 0 Å². The second-order valence-corrected chi connectivity index (χ2v) is 9.16. The number of nitrogens with one attached hydrogen (secondary N) is 2. The third-order valence-corrected chi connectivity index (χ3v) is 6.61. The van der Waals surface area contributed by atoms with Gasteiger partial charge in [0.25, 0.3) is 0 Å². The van der Waals surface area contributed by atoms with Crippen LogP contribution in [-0.2, 0) is 4.74 Å². The van der Waals surface area contributed by atoms with Crippen LogP contribution in [0.15, 0.2) is 72.8 Å². The summed E-state index contributed by atoms with van der Waals surface area (Å²) in [4.78, 5) is 38.4. The molecule has 2 N–H and O–H groups in total. The second-order valence-electron chi connectivity index (χ2n) is 9.16. The lowest BCUT2D eigenvalue weighted by Gasteiger charge is -2.31. The third-order valence-electron chi connectivity index (χ3n) is 6.61. The number of hydrogen-bond acceptors (Lipinski definition) is 7. The van der Waals surface area contributed by atoms with Crippen molar-refractivity contribution in [1.82, 2.24) is 10.2 Å². The van der Waals surface area contributed by atoms with E-state index in [0.717, 1.165) is 55.6 Å². The Balaban J connectivity index is 1.17. The summed E-state index contributed by atoms with van der Waals surface area (Å²) in [7, 11) is 1.48. The van der Waals surface area contributed by atoms with E-state index in [-0.39, 0.29) is 18.4 Å². The molecule has 0 aliphatic carbocycles. The molecule has 0 spiro atoms. The highest BCUT2D eigenvalue weighted by molar-refractivity contribution is 6.00. The Hall–Kier alpha value is -4.01. The van der Waals surface area contributed by atoms with E-state index in [9.17, 15) is 14.4 Å². The molecule has 1 aliphatic rings. The van der Waals surface area contributed by atoms with Gasteiger partial charge in [-0.3, -0.25) is 14.9 Å². The smallest absolute Gasteiger partial charge is 0.411 e. The number of para-hydroxylation sites is 1. The highest BCUT2D eigenvalue weighted by Crippen LogP contribution is 2.28. The number of aldehydes is 1. The zero-order valence-electron chi connectivity index (χ0n) is 21.5. The van der Waals surface area contributed by atoms with Crippen LogP contribution in [0.5, 0.6) is 5.75 Å². The molecular weight excluding hydrogens is 482 g/mol. The predicted octanol–water partition coefficient (Wildman–Crippen LogP) is 4.66. The Bertz CT molecular complexity index is 1240. The summed E-state index contributed by atoms with van der Waals surface area (Å²) < 4.78 is 11.0. The minimum absolute atomic E-state index is 0.0914. The van der Waals surface area contributed by atoms with Crippen LogP contribution in [0, 0.1) is 0 Å². The van der Waals surface area contributed by atoms with Crippen LogP contribution >= 0.6 is 0 Å². The molecule has 0 aromatic heterocycles. The van der Waals surface area contributed by atoms with Gasteiger partial charge in [-0.05, 0) is 36.6 Å². The fourth-order valence-electron chi connectivity index (χ4n) is 4.55. The Morgan fingerprint density at radius 3 is 2.47 bits per heavy atom. The molecule has 1 amide bonds. The van der Waals surface area contributed by atoms with Crippen molar-refractivity contribution in [3.05, 3.63) is 83.9 Å². The van der Waals surface area contributed by atoms with Gasteiger partial charge >= 0.3 is 6.09 Å². The predicted molar refractivity (Wildman–Crippen MR) is 147 cm³/mol. The minimum atomic E-state index is -0.441. The Kier molecular flexibility index (Phi) is 9.61. The molecule has 0 unspecified atom stereocenters. The number of ketones is 1. The number of carbonyl (C=O) groups is 3. The molecule has 1 fully saturated rings. The van der Waals surface area contributed by atoms with Gasteiger partial charge < -0.3 is 19.7 Å². The van der Waals surface area contributed by atoms with Gasteiger partial charge in [-0.25, -0.2) is 4.79 Å². The average molecular weight is 516 g/mol. The molecule has 0 atom stereocenters. The summed E-state index contributed by atoms with van der Waals surface area (Å²) in [6.45, 7) is 3.26. The number of nitrogens with zero attached hydrogens (tertiary/aromatic N) is 1. The summed E-state index contributed by atoms with van der Waals surface area (Å²) in [5.41, 5.74) is 3.62. The molecule has 3 aromatic rings. The number of ether oxygens (including phenoxy) is 2.